The summed E-state index contributed by atoms with van der Waals surface area (Å²) < 4.78 is 0. The number of likely N-dealkylation sites (tertiary alicyclic amines) is 1. The Bertz CT molecular complexity index is 258. The van der Waals surface area contributed by atoms with Crippen LogP contribution in [0.25, 0.3) is 0 Å². The zero-order valence-corrected chi connectivity index (χ0v) is 11.4. The second-order valence-electron chi connectivity index (χ2n) is 6.68. The first-order chi connectivity index (χ1) is 8.33. The Morgan fingerprint density at radius 1 is 1.12 bits per heavy atom. The lowest BCUT2D eigenvalue weighted by Gasteiger charge is -2.35. The second-order valence-corrected chi connectivity index (χ2v) is 6.68. The van der Waals surface area contributed by atoms with Crippen molar-refractivity contribution in [3.05, 3.63) is 0 Å². The van der Waals surface area contributed by atoms with Crippen molar-refractivity contribution in [2.24, 2.45) is 11.3 Å². The van der Waals surface area contributed by atoms with Gasteiger partial charge < -0.3 is 5.32 Å². The SMILES string of the molecule is CCC1CNCC1N1CCC2(CCCCC2)C1. The molecule has 2 heteroatoms. The summed E-state index contributed by atoms with van der Waals surface area (Å²) in [7, 11) is 0. The van der Waals surface area contributed by atoms with Gasteiger partial charge in [-0.15, -0.1) is 0 Å². The molecule has 2 aliphatic heterocycles. The van der Waals surface area contributed by atoms with Crippen LogP contribution in [-0.4, -0.2) is 37.1 Å². The maximum absolute atomic E-state index is 3.60. The molecule has 2 atom stereocenters. The highest BCUT2D eigenvalue weighted by atomic mass is 15.2. The van der Waals surface area contributed by atoms with Gasteiger partial charge in [0.15, 0.2) is 0 Å². The van der Waals surface area contributed by atoms with Crippen molar-refractivity contribution in [3.8, 4) is 0 Å². The van der Waals surface area contributed by atoms with Crippen molar-refractivity contribution in [1.29, 1.82) is 0 Å². The Balaban J connectivity index is 1.63. The van der Waals surface area contributed by atoms with Crippen molar-refractivity contribution >= 4 is 0 Å². The number of nitrogens with zero attached hydrogens (tertiary/aromatic N) is 1. The fourth-order valence-corrected chi connectivity index (χ4v) is 4.53. The van der Waals surface area contributed by atoms with Gasteiger partial charge in [0.05, 0.1) is 0 Å². The highest BCUT2D eigenvalue weighted by Gasteiger charge is 2.43. The van der Waals surface area contributed by atoms with E-state index >= 15 is 0 Å². The van der Waals surface area contributed by atoms with Crippen molar-refractivity contribution in [2.45, 2.75) is 57.9 Å². The van der Waals surface area contributed by atoms with Gasteiger partial charge >= 0.3 is 0 Å². The number of hydrogen-bond donors (Lipinski definition) is 1. The van der Waals surface area contributed by atoms with E-state index in [1.807, 2.05) is 0 Å². The van der Waals surface area contributed by atoms with E-state index in [1.54, 1.807) is 0 Å². The first-order valence-electron chi connectivity index (χ1n) is 7.78. The van der Waals surface area contributed by atoms with Crippen LogP contribution in [0.1, 0.15) is 51.9 Å². The van der Waals surface area contributed by atoms with Crippen LogP contribution in [0.2, 0.25) is 0 Å². The summed E-state index contributed by atoms with van der Waals surface area (Å²) in [6.45, 7) is 7.65. The average molecular weight is 236 g/mol. The molecule has 1 spiro atoms. The zero-order chi connectivity index (χ0) is 11.7. The number of rotatable bonds is 2. The molecule has 1 N–H and O–H groups in total. The first kappa shape index (κ1) is 12.0. The quantitative estimate of drug-likeness (QED) is 0.793. The Morgan fingerprint density at radius 2 is 1.94 bits per heavy atom. The standard InChI is InChI=1S/C15H28N2/c1-2-13-10-16-11-14(13)17-9-8-15(12-17)6-4-3-5-7-15/h13-14,16H,2-12H2,1H3. The topological polar surface area (TPSA) is 15.3 Å². The molecular formula is C15H28N2. The minimum atomic E-state index is 0.735. The lowest BCUT2D eigenvalue weighted by molar-refractivity contribution is 0.149. The maximum Gasteiger partial charge on any atom is 0.0261 e. The summed E-state index contributed by atoms with van der Waals surface area (Å²) >= 11 is 0. The van der Waals surface area contributed by atoms with Crippen LogP contribution in [0.5, 0.6) is 0 Å². The number of nitrogens with one attached hydrogen (secondary N) is 1. The molecule has 3 rings (SSSR count). The summed E-state index contributed by atoms with van der Waals surface area (Å²) in [4.78, 5) is 2.83. The molecule has 0 aromatic heterocycles. The van der Waals surface area contributed by atoms with Crippen LogP contribution in [0, 0.1) is 11.3 Å². The molecule has 3 fully saturated rings. The highest BCUT2D eigenvalue weighted by molar-refractivity contribution is 4.97. The minimum absolute atomic E-state index is 0.735. The Labute approximate surface area is 106 Å². The van der Waals surface area contributed by atoms with Crippen LogP contribution in [-0.2, 0) is 0 Å². The molecule has 2 unspecified atom stereocenters. The predicted molar refractivity (Wildman–Crippen MR) is 72.1 cm³/mol. The molecule has 98 valence electrons. The van der Waals surface area contributed by atoms with Crippen molar-refractivity contribution in [2.75, 3.05) is 26.2 Å². The summed E-state index contributed by atoms with van der Waals surface area (Å²) in [5, 5.41) is 3.60. The van der Waals surface area contributed by atoms with E-state index in [9.17, 15) is 0 Å². The second kappa shape index (κ2) is 4.89. The molecule has 2 heterocycles. The van der Waals surface area contributed by atoms with Crippen molar-refractivity contribution < 1.29 is 0 Å². The van der Waals surface area contributed by atoms with Gasteiger partial charge in [-0.05, 0) is 43.7 Å². The first-order valence-corrected chi connectivity index (χ1v) is 7.78. The number of hydrogen-bond acceptors (Lipinski definition) is 2. The Kier molecular flexibility index (Phi) is 3.45. The maximum atomic E-state index is 3.60. The van der Waals surface area contributed by atoms with E-state index < -0.39 is 0 Å². The van der Waals surface area contributed by atoms with Crippen LogP contribution >= 0.6 is 0 Å². The minimum Gasteiger partial charge on any atom is -0.315 e. The molecule has 0 amide bonds. The van der Waals surface area contributed by atoms with Gasteiger partial charge in [0.1, 0.15) is 0 Å². The summed E-state index contributed by atoms with van der Waals surface area (Å²) in [5.41, 5.74) is 0.735. The molecule has 2 nitrogen and oxygen atoms in total. The third kappa shape index (κ3) is 2.26. The van der Waals surface area contributed by atoms with E-state index in [1.165, 1.54) is 71.1 Å². The van der Waals surface area contributed by atoms with Gasteiger partial charge in [-0.25, -0.2) is 0 Å². The van der Waals surface area contributed by atoms with Crippen LogP contribution in [0.15, 0.2) is 0 Å². The molecule has 0 aromatic rings. The molecule has 0 radical (unpaired) electrons. The molecule has 0 bridgehead atoms. The third-order valence-corrected chi connectivity index (χ3v) is 5.68. The van der Waals surface area contributed by atoms with E-state index in [0.717, 1.165) is 17.4 Å². The largest absolute Gasteiger partial charge is 0.315 e. The Morgan fingerprint density at radius 3 is 2.71 bits per heavy atom. The highest BCUT2D eigenvalue weighted by Crippen LogP contribution is 2.44. The normalized spacial score (nSPS) is 37.9. The zero-order valence-electron chi connectivity index (χ0n) is 11.4. The van der Waals surface area contributed by atoms with Crippen molar-refractivity contribution in [1.82, 2.24) is 10.2 Å². The van der Waals surface area contributed by atoms with Gasteiger partial charge in [-0.2, -0.15) is 0 Å². The summed E-state index contributed by atoms with van der Waals surface area (Å²) in [5.74, 6) is 0.911. The van der Waals surface area contributed by atoms with E-state index in [-0.39, 0.29) is 0 Å². The molecule has 3 aliphatic rings. The fraction of sp³-hybridized carbons (Fsp3) is 1.00. The van der Waals surface area contributed by atoms with Crippen LogP contribution < -0.4 is 5.32 Å². The van der Waals surface area contributed by atoms with Gasteiger partial charge in [-0.3, -0.25) is 4.90 Å². The summed E-state index contributed by atoms with van der Waals surface area (Å²) in [6.07, 6.45) is 10.3. The molecular weight excluding hydrogens is 208 g/mol. The molecule has 0 aromatic carbocycles. The van der Waals surface area contributed by atoms with Gasteiger partial charge in [-0.1, -0.05) is 32.6 Å². The van der Waals surface area contributed by atoms with Crippen LogP contribution in [0.3, 0.4) is 0 Å². The monoisotopic (exact) mass is 236 g/mol. The molecule has 2 saturated heterocycles. The van der Waals surface area contributed by atoms with E-state index in [4.69, 9.17) is 0 Å². The van der Waals surface area contributed by atoms with Gasteiger partial charge in [0.25, 0.3) is 0 Å². The van der Waals surface area contributed by atoms with E-state index in [0.29, 0.717) is 0 Å². The molecule has 1 saturated carbocycles. The lowest BCUT2D eigenvalue weighted by atomic mass is 9.73. The van der Waals surface area contributed by atoms with E-state index in [2.05, 4.69) is 17.1 Å². The Hall–Kier alpha value is -0.0800. The van der Waals surface area contributed by atoms with Crippen molar-refractivity contribution in [3.63, 3.8) is 0 Å². The third-order valence-electron chi connectivity index (χ3n) is 5.68. The fourth-order valence-electron chi connectivity index (χ4n) is 4.53. The lowest BCUT2D eigenvalue weighted by Crippen LogP contribution is -2.40. The predicted octanol–water partition coefficient (Wildman–Crippen LogP) is 2.64. The smallest absolute Gasteiger partial charge is 0.0261 e. The van der Waals surface area contributed by atoms with Gasteiger partial charge in [0.2, 0.25) is 0 Å². The molecule has 1 aliphatic carbocycles. The van der Waals surface area contributed by atoms with Gasteiger partial charge in [0, 0.05) is 19.1 Å². The summed E-state index contributed by atoms with van der Waals surface area (Å²) in [6, 6.07) is 0.848. The molecule has 17 heavy (non-hydrogen) atoms. The van der Waals surface area contributed by atoms with Crippen LogP contribution in [0.4, 0.5) is 0 Å². The average Bonchev–Trinajstić information content (AvgIpc) is 2.97.